The van der Waals surface area contributed by atoms with E-state index in [0.29, 0.717) is 30.3 Å². The number of hydrogen-bond donors (Lipinski definition) is 0. The summed E-state index contributed by atoms with van der Waals surface area (Å²) in [6.45, 7) is 4.01. The quantitative estimate of drug-likeness (QED) is 0.712. The number of ether oxygens (including phenoxy) is 1. The normalized spacial score (nSPS) is 19.3. The van der Waals surface area contributed by atoms with Crippen LogP contribution in [0.2, 0.25) is 0 Å². The van der Waals surface area contributed by atoms with Crippen LogP contribution in [0.25, 0.3) is 0 Å². The Labute approximate surface area is 176 Å². The molecule has 0 radical (unpaired) electrons. The molecule has 0 bridgehead atoms. The molecule has 0 spiro atoms. The maximum absolute atomic E-state index is 13.0. The summed E-state index contributed by atoms with van der Waals surface area (Å²) in [6, 6.07) is 14.7. The highest BCUT2D eigenvalue weighted by atomic mass is 16.5. The number of hydrogen-bond acceptors (Lipinski definition) is 4. The molecule has 1 unspecified atom stereocenters. The first-order valence-corrected chi connectivity index (χ1v) is 10.5. The minimum Gasteiger partial charge on any atom is -0.493 e. The van der Waals surface area contributed by atoms with Crippen LogP contribution in [-0.2, 0) is 9.59 Å². The number of likely N-dealkylation sites (tertiary alicyclic amines) is 1. The van der Waals surface area contributed by atoms with E-state index >= 15 is 0 Å². The van der Waals surface area contributed by atoms with Crippen LogP contribution in [0.4, 0.5) is 5.69 Å². The average Bonchev–Trinajstić information content (AvgIpc) is 3.10. The van der Waals surface area contributed by atoms with E-state index in [-0.39, 0.29) is 30.6 Å². The molecule has 1 atom stereocenters. The fourth-order valence-corrected chi connectivity index (χ4v) is 4.10. The highest BCUT2D eigenvalue weighted by Crippen LogP contribution is 2.25. The number of benzene rings is 2. The smallest absolute Gasteiger partial charge is 0.253 e. The van der Waals surface area contributed by atoms with Gasteiger partial charge in [-0.2, -0.15) is 0 Å². The van der Waals surface area contributed by atoms with Crippen molar-refractivity contribution >= 4 is 23.4 Å². The number of nitrogens with zero attached hydrogens (tertiary/aromatic N) is 2. The number of carbonyl (C=O) groups is 3. The number of imide groups is 1. The summed E-state index contributed by atoms with van der Waals surface area (Å²) < 4.78 is 5.95. The van der Waals surface area contributed by atoms with Gasteiger partial charge < -0.3 is 9.64 Å². The molecule has 3 amide bonds. The largest absolute Gasteiger partial charge is 0.493 e. The van der Waals surface area contributed by atoms with Gasteiger partial charge in [-0.15, -0.1) is 0 Å². The molecule has 2 heterocycles. The third-order valence-electron chi connectivity index (χ3n) is 5.71. The zero-order valence-electron chi connectivity index (χ0n) is 17.2. The molecule has 6 heteroatoms. The first-order chi connectivity index (χ1) is 14.5. The third kappa shape index (κ3) is 4.37. The molecule has 0 N–H and O–H groups in total. The second-order valence-corrected chi connectivity index (χ2v) is 8.06. The number of anilines is 1. The Morgan fingerprint density at radius 2 is 1.80 bits per heavy atom. The van der Waals surface area contributed by atoms with Crippen LogP contribution in [0, 0.1) is 12.8 Å². The number of carbonyl (C=O) groups excluding carboxylic acids is 3. The van der Waals surface area contributed by atoms with Crippen LogP contribution < -0.4 is 9.64 Å². The summed E-state index contributed by atoms with van der Waals surface area (Å²) in [5.74, 6) is 0.751. The SMILES string of the molecule is Cc1cccc(OCC2CCCN(C(=O)c3ccc(N4C(=O)CCC4=O)cc3)C2)c1. The minimum atomic E-state index is -0.188. The van der Waals surface area contributed by atoms with E-state index < -0.39 is 0 Å². The summed E-state index contributed by atoms with van der Waals surface area (Å²) in [7, 11) is 0. The van der Waals surface area contributed by atoms with Gasteiger partial charge in [-0.3, -0.25) is 19.3 Å². The van der Waals surface area contributed by atoms with Gasteiger partial charge in [0, 0.05) is 37.4 Å². The first kappa shape index (κ1) is 20.1. The fourth-order valence-electron chi connectivity index (χ4n) is 4.10. The Kier molecular flexibility index (Phi) is 5.84. The summed E-state index contributed by atoms with van der Waals surface area (Å²) >= 11 is 0. The van der Waals surface area contributed by atoms with Crippen LogP contribution in [-0.4, -0.2) is 42.3 Å². The Morgan fingerprint density at radius 1 is 1.07 bits per heavy atom. The number of rotatable bonds is 5. The van der Waals surface area contributed by atoms with E-state index in [4.69, 9.17) is 4.74 Å². The first-order valence-electron chi connectivity index (χ1n) is 10.5. The standard InChI is InChI=1S/C24H26N2O4/c1-17-4-2-6-21(14-17)30-16-18-5-3-13-25(15-18)24(29)19-7-9-20(10-8-19)26-22(27)11-12-23(26)28/h2,4,6-10,14,18H,3,5,11-13,15-16H2,1H3. The highest BCUT2D eigenvalue weighted by Gasteiger charge is 2.30. The molecule has 2 aromatic carbocycles. The Bertz CT molecular complexity index is 938. The van der Waals surface area contributed by atoms with Gasteiger partial charge >= 0.3 is 0 Å². The number of amides is 3. The van der Waals surface area contributed by atoms with Crippen molar-refractivity contribution in [1.29, 1.82) is 0 Å². The van der Waals surface area contributed by atoms with Crippen LogP contribution in [0.3, 0.4) is 0 Å². The summed E-state index contributed by atoms with van der Waals surface area (Å²) in [5.41, 5.74) is 2.26. The molecule has 156 valence electrons. The molecule has 2 aromatic rings. The summed E-state index contributed by atoms with van der Waals surface area (Å²) in [4.78, 5) is 39.8. The lowest BCUT2D eigenvalue weighted by Crippen LogP contribution is -2.41. The van der Waals surface area contributed by atoms with E-state index in [9.17, 15) is 14.4 Å². The van der Waals surface area contributed by atoms with Gasteiger partial charge in [0.2, 0.25) is 11.8 Å². The minimum absolute atomic E-state index is 0.0270. The van der Waals surface area contributed by atoms with E-state index in [1.807, 2.05) is 36.1 Å². The Balaban J connectivity index is 1.37. The zero-order chi connectivity index (χ0) is 21.1. The van der Waals surface area contributed by atoms with Crippen molar-refractivity contribution < 1.29 is 19.1 Å². The Morgan fingerprint density at radius 3 is 2.50 bits per heavy atom. The van der Waals surface area contributed by atoms with Gasteiger partial charge in [0.1, 0.15) is 5.75 Å². The van der Waals surface area contributed by atoms with E-state index in [0.717, 1.165) is 30.7 Å². The van der Waals surface area contributed by atoms with Gasteiger partial charge in [0.05, 0.1) is 12.3 Å². The highest BCUT2D eigenvalue weighted by molar-refractivity contribution is 6.19. The summed E-state index contributed by atoms with van der Waals surface area (Å²) in [5, 5.41) is 0. The molecule has 0 aromatic heterocycles. The van der Waals surface area contributed by atoms with E-state index in [1.165, 1.54) is 4.90 Å². The van der Waals surface area contributed by atoms with Crippen molar-refractivity contribution in [1.82, 2.24) is 4.90 Å². The molecule has 6 nitrogen and oxygen atoms in total. The number of piperidine rings is 1. The topological polar surface area (TPSA) is 66.9 Å². The lowest BCUT2D eigenvalue weighted by molar-refractivity contribution is -0.121. The van der Waals surface area contributed by atoms with Crippen LogP contribution >= 0.6 is 0 Å². The van der Waals surface area contributed by atoms with Crippen molar-refractivity contribution in [3.63, 3.8) is 0 Å². The lowest BCUT2D eigenvalue weighted by atomic mass is 9.98. The fraction of sp³-hybridized carbons (Fsp3) is 0.375. The maximum atomic E-state index is 13.0. The van der Waals surface area contributed by atoms with Crippen molar-refractivity contribution in [2.24, 2.45) is 5.92 Å². The third-order valence-corrected chi connectivity index (χ3v) is 5.71. The predicted molar refractivity (Wildman–Crippen MR) is 113 cm³/mol. The molecule has 2 aliphatic rings. The van der Waals surface area contributed by atoms with Crippen LogP contribution in [0.5, 0.6) is 5.75 Å². The van der Waals surface area contributed by atoms with Gasteiger partial charge in [-0.05, 0) is 61.7 Å². The van der Waals surface area contributed by atoms with Crippen molar-refractivity contribution in [3.8, 4) is 5.75 Å². The zero-order valence-corrected chi connectivity index (χ0v) is 17.2. The molecule has 4 rings (SSSR count). The molecule has 2 saturated heterocycles. The molecule has 2 aliphatic heterocycles. The second kappa shape index (κ2) is 8.69. The second-order valence-electron chi connectivity index (χ2n) is 8.06. The van der Waals surface area contributed by atoms with Crippen molar-refractivity contribution in [2.45, 2.75) is 32.6 Å². The Hall–Kier alpha value is -3.15. The van der Waals surface area contributed by atoms with Crippen molar-refractivity contribution in [2.75, 3.05) is 24.6 Å². The number of aryl methyl sites for hydroxylation is 1. The molecule has 0 aliphatic carbocycles. The molecule has 0 saturated carbocycles. The maximum Gasteiger partial charge on any atom is 0.253 e. The van der Waals surface area contributed by atoms with Gasteiger partial charge in [-0.25, -0.2) is 0 Å². The summed E-state index contributed by atoms with van der Waals surface area (Å²) in [6.07, 6.45) is 2.48. The van der Waals surface area contributed by atoms with Crippen LogP contribution in [0.1, 0.15) is 41.6 Å². The lowest BCUT2D eigenvalue weighted by Gasteiger charge is -2.32. The molecule has 30 heavy (non-hydrogen) atoms. The monoisotopic (exact) mass is 406 g/mol. The van der Waals surface area contributed by atoms with Gasteiger partial charge in [0.15, 0.2) is 0 Å². The van der Waals surface area contributed by atoms with E-state index in [1.54, 1.807) is 24.3 Å². The van der Waals surface area contributed by atoms with Crippen molar-refractivity contribution in [3.05, 3.63) is 59.7 Å². The predicted octanol–water partition coefficient (Wildman–Crippen LogP) is 3.58. The molecule has 2 fully saturated rings. The van der Waals surface area contributed by atoms with Crippen LogP contribution in [0.15, 0.2) is 48.5 Å². The molecular formula is C24H26N2O4. The molecular weight excluding hydrogens is 380 g/mol. The van der Waals surface area contributed by atoms with Gasteiger partial charge in [0.25, 0.3) is 5.91 Å². The average molecular weight is 406 g/mol. The van der Waals surface area contributed by atoms with Gasteiger partial charge in [-0.1, -0.05) is 12.1 Å². The van der Waals surface area contributed by atoms with E-state index in [2.05, 4.69) is 0 Å².